The second-order valence-electron chi connectivity index (χ2n) is 11.1. The van der Waals surface area contributed by atoms with Crippen LogP contribution in [0.3, 0.4) is 0 Å². The zero-order chi connectivity index (χ0) is 27.5. The molecular formula is C29H27ClN6O4. The van der Waals surface area contributed by atoms with Crippen LogP contribution in [0.15, 0.2) is 42.7 Å². The van der Waals surface area contributed by atoms with Crippen LogP contribution in [0.5, 0.6) is 0 Å². The summed E-state index contributed by atoms with van der Waals surface area (Å²) in [6.45, 7) is 0.730. The van der Waals surface area contributed by atoms with E-state index in [1.807, 2.05) is 6.07 Å². The van der Waals surface area contributed by atoms with Crippen molar-refractivity contribution in [1.82, 2.24) is 25.0 Å². The lowest BCUT2D eigenvalue weighted by Gasteiger charge is -2.35. The Morgan fingerprint density at radius 3 is 2.52 bits per heavy atom. The molecule has 2 aromatic heterocycles. The average molecular weight is 559 g/mol. The highest BCUT2D eigenvalue weighted by Gasteiger charge is 2.44. The van der Waals surface area contributed by atoms with E-state index in [0.29, 0.717) is 22.9 Å². The number of hydrogen-bond acceptors (Lipinski definition) is 7. The molecule has 1 unspecified atom stereocenters. The Morgan fingerprint density at radius 2 is 1.77 bits per heavy atom. The van der Waals surface area contributed by atoms with Gasteiger partial charge in [0, 0.05) is 47.6 Å². The van der Waals surface area contributed by atoms with Crippen LogP contribution in [0.4, 0.5) is 5.69 Å². The summed E-state index contributed by atoms with van der Waals surface area (Å²) in [5, 5.41) is 11.2. The summed E-state index contributed by atoms with van der Waals surface area (Å²) in [5.74, 6) is -1.07. The molecule has 2 saturated carbocycles. The number of rotatable bonds is 7. The van der Waals surface area contributed by atoms with Crippen LogP contribution in [0.1, 0.15) is 76.9 Å². The van der Waals surface area contributed by atoms with Crippen molar-refractivity contribution in [2.75, 3.05) is 11.9 Å². The Labute approximate surface area is 235 Å². The van der Waals surface area contributed by atoms with Gasteiger partial charge in [0.1, 0.15) is 6.04 Å². The Bertz CT molecular complexity index is 1570. The van der Waals surface area contributed by atoms with E-state index in [-0.39, 0.29) is 24.0 Å². The maximum absolute atomic E-state index is 13.1. The number of halogens is 1. The number of carbonyl (C=O) groups excluding carboxylic acids is 4. The van der Waals surface area contributed by atoms with E-state index in [0.717, 1.165) is 59.8 Å². The summed E-state index contributed by atoms with van der Waals surface area (Å²) >= 11 is 6.21. The number of nitrogens with one attached hydrogen (secondary N) is 2. The molecule has 0 spiro atoms. The number of imide groups is 2. The van der Waals surface area contributed by atoms with Gasteiger partial charge in [0.05, 0.1) is 28.6 Å². The minimum absolute atomic E-state index is 0.0955. The topological polar surface area (TPSA) is 126 Å². The van der Waals surface area contributed by atoms with Gasteiger partial charge in [-0.1, -0.05) is 11.6 Å². The summed E-state index contributed by atoms with van der Waals surface area (Å²) in [5.41, 5.74) is 4.34. The Balaban J connectivity index is 0.989. The van der Waals surface area contributed by atoms with E-state index < -0.39 is 29.7 Å². The fourth-order valence-corrected chi connectivity index (χ4v) is 6.09. The molecule has 1 saturated heterocycles. The molecule has 2 N–H and O–H groups in total. The summed E-state index contributed by atoms with van der Waals surface area (Å²) < 4.78 is 2.09. The molecular weight excluding hydrogens is 532 g/mol. The molecule has 11 heteroatoms. The maximum Gasteiger partial charge on any atom is 0.262 e. The average Bonchev–Trinajstić information content (AvgIpc) is 3.62. The zero-order valence-electron chi connectivity index (χ0n) is 21.6. The molecule has 204 valence electrons. The number of anilines is 1. The molecule has 2 aliphatic heterocycles. The standard InChI is InChI=1S/C29H27ClN6O4/c30-17-7-8-31-23(11-17)22-14-35(34-26(22)16-1-2-16)19-9-15(10-19)13-32-18-3-4-20-21(12-18)29(40)36(28(20)39)24-5-6-25(37)33-27(24)38/h3-4,7-8,11-12,14-16,19,24,32H,1-2,5-6,9-10,13H2,(H,33,37,38). The van der Waals surface area contributed by atoms with Crippen LogP contribution in [0.2, 0.25) is 5.02 Å². The van der Waals surface area contributed by atoms with E-state index in [4.69, 9.17) is 16.7 Å². The quantitative estimate of drug-likeness (QED) is 0.421. The molecule has 4 heterocycles. The monoisotopic (exact) mass is 558 g/mol. The number of pyridine rings is 1. The number of nitrogens with zero attached hydrogens (tertiary/aromatic N) is 4. The number of piperidine rings is 1. The third-order valence-corrected chi connectivity index (χ3v) is 8.58. The van der Waals surface area contributed by atoms with Gasteiger partial charge in [0.2, 0.25) is 11.8 Å². The zero-order valence-corrected chi connectivity index (χ0v) is 22.4. The molecule has 3 aromatic rings. The number of amides is 4. The maximum atomic E-state index is 13.1. The molecule has 7 rings (SSSR count). The third kappa shape index (κ3) is 4.36. The second kappa shape index (κ2) is 9.55. The largest absolute Gasteiger partial charge is 0.385 e. The predicted molar refractivity (Wildman–Crippen MR) is 146 cm³/mol. The smallest absolute Gasteiger partial charge is 0.262 e. The number of carbonyl (C=O) groups is 4. The predicted octanol–water partition coefficient (Wildman–Crippen LogP) is 3.94. The van der Waals surface area contributed by atoms with Crippen molar-refractivity contribution in [3.05, 3.63) is 64.6 Å². The van der Waals surface area contributed by atoms with Gasteiger partial charge >= 0.3 is 0 Å². The highest BCUT2D eigenvalue weighted by Crippen LogP contribution is 2.45. The van der Waals surface area contributed by atoms with Crippen molar-refractivity contribution in [1.29, 1.82) is 0 Å². The SMILES string of the molecule is O=C1CCC(N2C(=O)c3ccc(NCC4CC(n5cc(-c6cc(Cl)ccn6)c(C6CC6)n5)C4)cc3C2=O)C(=O)N1. The second-order valence-corrected chi connectivity index (χ2v) is 11.6. The summed E-state index contributed by atoms with van der Waals surface area (Å²) in [6, 6.07) is 8.11. The van der Waals surface area contributed by atoms with Gasteiger partial charge in [0.15, 0.2) is 0 Å². The first-order chi connectivity index (χ1) is 19.4. The van der Waals surface area contributed by atoms with Crippen molar-refractivity contribution < 1.29 is 19.2 Å². The summed E-state index contributed by atoms with van der Waals surface area (Å²) in [7, 11) is 0. The lowest BCUT2D eigenvalue weighted by atomic mass is 9.80. The first-order valence-corrected chi connectivity index (χ1v) is 14.0. The number of aromatic nitrogens is 3. The number of fused-ring (bicyclic) bond motifs is 1. The lowest BCUT2D eigenvalue weighted by molar-refractivity contribution is -0.136. The van der Waals surface area contributed by atoms with Gasteiger partial charge in [-0.3, -0.25) is 39.1 Å². The van der Waals surface area contributed by atoms with Crippen molar-refractivity contribution in [3.63, 3.8) is 0 Å². The van der Waals surface area contributed by atoms with Crippen molar-refractivity contribution in [3.8, 4) is 11.3 Å². The highest BCUT2D eigenvalue weighted by atomic mass is 35.5. The van der Waals surface area contributed by atoms with Gasteiger partial charge in [0.25, 0.3) is 11.8 Å². The fourth-order valence-electron chi connectivity index (χ4n) is 5.93. The number of benzene rings is 1. The van der Waals surface area contributed by atoms with Crippen molar-refractivity contribution in [2.24, 2.45) is 5.92 Å². The first kappa shape index (κ1) is 25.0. The van der Waals surface area contributed by atoms with Gasteiger partial charge in [-0.15, -0.1) is 0 Å². The van der Waals surface area contributed by atoms with E-state index in [1.54, 1.807) is 30.5 Å². The van der Waals surface area contributed by atoms with Gasteiger partial charge in [-0.2, -0.15) is 5.10 Å². The van der Waals surface area contributed by atoms with E-state index in [1.165, 1.54) is 0 Å². The van der Waals surface area contributed by atoms with E-state index in [2.05, 4.69) is 26.5 Å². The summed E-state index contributed by atoms with van der Waals surface area (Å²) in [4.78, 5) is 55.3. The molecule has 1 atom stereocenters. The van der Waals surface area contributed by atoms with Crippen LogP contribution in [0.25, 0.3) is 11.3 Å². The van der Waals surface area contributed by atoms with Crippen molar-refractivity contribution >= 4 is 40.9 Å². The lowest BCUT2D eigenvalue weighted by Crippen LogP contribution is -2.54. The molecule has 0 radical (unpaired) electrons. The minimum Gasteiger partial charge on any atom is -0.385 e. The van der Waals surface area contributed by atoms with Crippen LogP contribution in [0, 0.1) is 5.92 Å². The molecule has 1 aromatic carbocycles. The van der Waals surface area contributed by atoms with E-state index in [9.17, 15) is 19.2 Å². The highest BCUT2D eigenvalue weighted by molar-refractivity contribution is 6.30. The number of hydrogen-bond donors (Lipinski definition) is 2. The molecule has 4 aliphatic rings. The van der Waals surface area contributed by atoms with Gasteiger partial charge < -0.3 is 5.32 Å². The van der Waals surface area contributed by atoms with Crippen LogP contribution < -0.4 is 10.6 Å². The normalized spacial score (nSPS) is 24.1. The fraction of sp³-hybridized carbons (Fsp3) is 0.379. The van der Waals surface area contributed by atoms with E-state index >= 15 is 0 Å². The summed E-state index contributed by atoms with van der Waals surface area (Å²) in [6.07, 6.45) is 8.34. The molecule has 2 aliphatic carbocycles. The van der Waals surface area contributed by atoms with Crippen LogP contribution in [-0.4, -0.2) is 55.9 Å². The molecule has 0 bridgehead atoms. The molecule has 4 amide bonds. The van der Waals surface area contributed by atoms with Crippen LogP contribution >= 0.6 is 11.6 Å². The first-order valence-electron chi connectivity index (χ1n) is 13.7. The Morgan fingerprint density at radius 1 is 0.975 bits per heavy atom. The molecule has 10 nitrogen and oxygen atoms in total. The van der Waals surface area contributed by atoms with Gasteiger partial charge in [-0.25, -0.2) is 0 Å². The Kier molecular flexibility index (Phi) is 5.96. The van der Waals surface area contributed by atoms with Crippen LogP contribution in [-0.2, 0) is 9.59 Å². The van der Waals surface area contributed by atoms with Crippen molar-refractivity contribution in [2.45, 2.75) is 56.5 Å². The Hall–Kier alpha value is -4.05. The van der Waals surface area contributed by atoms with Gasteiger partial charge in [-0.05, 0) is 68.4 Å². The minimum atomic E-state index is -0.966. The molecule has 40 heavy (non-hydrogen) atoms. The molecule has 3 fully saturated rings. The third-order valence-electron chi connectivity index (χ3n) is 8.34.